The molecule has 1 saturated heterocycles. The first-order chi connectivity index (χ1) is 12.0. The SMILES string of the molecule is O=C(O)C1CC12CCN(C(=O)c1cnc(OCC3CC3)c(Cl)c1)CC2. The fourth-order valence-corrected chi connectivity index (χ4v) is 3.94. The van der Waals surface area contributed by atoms with Crippen LogP contribution in [0.3, 0.4) is 0 Å². The number of aromatic nitrogens is 1. The lowest BCUT2D eigenvalue weighted by Gasteiger charge is -2.32. The molecule has 1 N–H and O–H groups in total. The normalized spacial score (nSPS) is 24.2. The predicted molar refractivity (Wildman–Crippen MR) is 90.8 cm³/mol. The van der Waals surface area contributed by atoms with Crippen molar-refractivity contribution in [1.82, 2.24) is 9.88 Å². The van der Waals surface area contributed by atoms with Gasteiger partial charge in [-0.3, -0.25) is 9.59 Å². The first-order valence-corrected chi connectivity index (χ1v) is 9.17. The van der Waals surface area contributed by atoms with Gasteiger partial charge in [0.2, 0.25) is 5.88 Å². The highest BCUT2D eigenvalue weighted by molar-refractivity contribution is 6.32. The molecule has 0 radical (unpaired) electrons. The smallest absolute Gasteiger partial charge is 0.307 e. The van der Waals surface area contributed by atoms with Gasteiger partial charge in [0.05, 0.1) is 18.1 Å². The lowest BCUT2D eigenvalue weighted by Crippen LogP contribution is -2.40. The van der Waals surface area contributed by atoms with E-state index in [0.29, 0.717) is 42.1 Å². The van der Waals surface area contributed by atoms with Crippen molar-refractivity contribution >= 4 is 23.5 Å². The number of carbonyl (C=O) groups is 2. The molecule has 2 aliphatic carbocycles. The number of rotatable bonds is 5. The number of carboxylic acid groups (broad SMARTS) is 1. The second-order valence-electron chi connectivity index (χ2n) is 7.51. The molecular weight excluding hydrogens is 344 g/mol. The Kier molecular flexibility index (Phi) is 4.10. The third-order valence-corrected chi connectivity index (χ3v) is 6.01. The number of hydrogen-bond donors (Lipinski definition) is 1. The number of halogens is 1. The molecule has 4 rings (SSSR count). The first-order valence-electron chi connectivity index (χ1n) is 8.79. The number of carbonyl (C=O) groups excluding carboxylic acids is 1. The van der Waals surface area contributed by atoms with Crippen molar-refractivity contribution in [3.05, 3.63) is 22.8 Å². The van der Waals surface area contributed by atoms with E-state index in [1.165, 1.54) is 19.0 Å². The number of nitrogens with zero attached hydrogens (tertiary/aromatic N) is 2. The van der Waals surface area contributed by atoms with Gasteiger partial charge in [0.25, 0.3) is 5.91 Å². The molecule has 0 aromatic carbocycles. The number of hydrogen-bond acceptors (Lipinski definition) is 4. The molecule has 2 saturated carbocycles. The van der Waals surface area contributed by atoms with E-state index in [1.54, 1.807) is 11.0 Å². The second-order valence-corrected chi connectivity index (χ2v) is 7.92. The zero-order valence-electron chi connectivity index (χ0n) is 13.9. The molecular formula is C18H21ClN2O4. The van der Waals surface area contributed by atoms with E-state index >= 15 is 0 Å². The molecule has 0 bridgehead atoms. The van der Waals surface area contributed by atoms with E-state index < -0.39 is 5.97 Å². The van der Waals surface area contributed by atoms with Crippen molar-refractivity contribution in [3.8, 4) is 5.88 Å². The lowest BCUT2D eigenvalue weighted by molar-refractivity contribution is -0.139. The maximum absolute atomic E-state index is 12.7. The summed E-state index contributed by atoms with van der Waals surface area (Å²) in [6.45, 7) is 1.79. The van der Waals surface area contributed by atoms with Gasteiger partial charge in [-0.1, -0.05) is 11.6 Å². The zero-order valence-corrected chi connectivity index (χ0v) is 14.7. The summed E-state index contributed by atoms with van der Waals surface area (Å²) in [5, 5.41) is 9.50. The summed E-state index contributed by atoms with van der Waals surface area (Å²) < 4.78 is 5.59. The second kappa shape index (κ2) is 6.16. The molecule has 1 aromatic rings. The van der Waals surface area contributed by atoms with Crippen LogP contribution in [0.15, 0.2) is 12.3 Å². The molecule has 1 amide bonds. The summed E-state index contributed by atoms with van der Waals surface area (Å²) in [6.07, 6.45) is 6.13. The van der Waals surface area contributed by atoms with Crippen LogP contribution in [-0.4, -0.2) is 46.6 Å². The number of piperidine rings is 1. The van der Waals surface area contributed by atoms with Crippen LogP contribution in [-0.2, 0) is 4.79 Å². The van der Waals surface area contributed by atoms with E-state index in [-0.39, 0.29) is 17.2 Å². The average molecular weight is 365 g/mol. The predicted octanol–water partition coefficient (Wildman–Crippen LogP) is 2.85. The van der Waals surface area contributed by atoms with Gasteiger partial charge in [-0.25, -0.2) is 4.98 Å². The van der Waals surface area contributed by atoms with Crippen LogP contribution in [0.5, 0.6) is 5.88 Å². The Labute approximate surface area is 151 Å². The van der Waals surface area contributed by atoms with Crippen molar-refractivity contribution in [2.75, 3.05) is 19.7 Å². The fraction of sp³-hybridized carbons (Fsp3) is 0.611. The maximum Gasteiger partial charge on any atom is 0.307 e. The topological polar surface area (TPSA) is 79.7 Å². The number of aliphatic carboxylic acids is 1. The zero-order chi connectivity index (χ0) is 17.6. The Morgan fingerprint density at radius 2 is 2.08 bits per heavy atom. The fourth-order valence-electron chi connectivity index (χ4n) is 3.72. The third kappa shape index (κ3) is 3.32. The highest BCUT2D eigenvalue weighted by Gasteiger charge is 2.59. The minimum Gasteiger partial charge on any atom is -0.481 e. The van der Waals surface area contributed by atoms with Gasteiger partial charge in [0.1, 0.15) is 5.02 Å². The van der Waals surface area contributed by atoms with Crippen LogP contribution < -0.4 is 4.74 Å². The molecule has 3 fully saturated rings. The van der Waals surface area contributed by atoms with E-state index in [9.17, 15) is 9.59 Å². The summed E-state index contributed by atoms with van der Waals surface area (Å²) >= 11 is 6.20. The summed E-state index contributed by atoms with van der Waals surface area (Å²) in [5.41, 5.74) is 0.365. The average Bonchev–Trinajstić information content (AvgIpc) is 3.51. The Balaban J connectivity index is 1.36. The van der Waals surface area contributed by atoms with Crippen molar-refractivity contribution in [2.45, 2.75) is 32.1 Å². The van der Waals surface area contributed by atoms with Crippen LogP contribution in [0, 0.1) is 17.3 Å². The van der Waals surface area contributed by atoms with E-state index in [4.69, 9.17) is 21.4 Å². The molecule has 1 aliphatic heterocycles. The van der Waals surface area contributed by atoms with Crippen LogP contribution >= 0.6 is 11.6 Å². The van der Waals surface area contributed by atoms with E-state index in [0.717, 1.165) is 19.3 Å². The third-order valence-electron chi connectivity index (χ3n) is 5.74. The summed E-state index contributed by atoms with van der Waals surface area (Å²) in [5.74, 6) is -0.0614. The molecule has 7 heteroatoms. The van der Waals surface area contributed by atoms with Gasteiger partial charge in [-0.15, -0.1) is 0 Å². The van der Waals surface area contributed by atoms with Gasteiger partial charge < -0.3 is 14.7 Å². The van der Waals surface area contributed by atoms with Crippen molar-refractivity contribution in [2.24, 2.45) is 17.3 Å². The molecule has 1 aromatic heterocycles. The molecule has 134 valence electrons. The minimum absolute atomic E-state index is 0.0843. The highest BCUT2D eigenvalue weighted by atomic mass is 35.5. The molecule has 1 spiro atoms. The standard InChI is InChI=1S/C18H21ClN2O4/c19-14-7-12(9-20-15(14)25-10-11-1-2-11)16(22)21-5-3-18(4-6-21)8-13(18)17(23)24/h7,9,11,13H,1-6,8,10H2,(H,23,24). The number of amides is 1. The Morgan fingerprint density at radius 3 is 2.64 bits per heavy atom. The number of likely N-dealkylation sites (tertiary alicyclic amines) is 1. The van der Waals surface area contributed by atoms with Gasteiger partial charge in [0.15, 0.2) is 0 Å². The molecule has 1 unspecified atom stereocenters. The number of carboxylic acids is 1. The Bertz CT molecular complexity index is 711. The van der Waals surface area contributed by atoms with Gasteiger partial charge in [-0.2, -0.15) is 0 Å². The van der Waals surface area contributed by atoms with Gasteiger partial charge >= 0.3 is 5.97 Å². The Hall–Kier alpha value is -1.82. The largest absolute Gasteiger partial charge is 0.481 e. The number of pyridine rings is 1. The summed E-state index contributed by atoms with van der Waals surface area (Å²) in [6, 6.07) is 1.61. The van der Waals surface area contributed by atoms with Crippen molar-refractivity contribution < 1.29 is 19.4 Å². The van der Waals surface area contributed by atoms with E-state index in [2.05, 4.69) is 4.98 Å². The molecule has 3 aliphatic rings. The number of ether oxygens (including phenoxy) is 1. The van der Waals surface area contributed by atoms with Crippen LogP contribution in [0.2, 0.25) is 5.02 Å². The molecule has 1 atom stereocenters. The summed E-state index contributed by atoms with van der Waals surface area (Å²) in [7, 11) is 0. The highest BCUT2D eigenvalue weighted by Crippen LogP contribution is 2.59. The molecule has 6 nitrogen and oxygen atoms in total. The molecule has 25 heavy (non-hydrogen) atoms. The van der Waals surface area contributed by atoms with E-state index in [1.807, 2.05) is 0 Å². The van der Waals surface area contributed by atoms with Gasteiger partial charge in [0, 0.05) is 19.3 Å². The first kappa shape index (κ1) is 16.6. The minimum atomic E-state index is -0.711. The quantitative estimate of drug-likeness (QED) is 0.869. The van der Waals surface area contributed by atoms with Crippen LogP contribution in [0.1, 0.15) is 42.5 Å². The maximum atomic E-state index is 12.7. The van der Waals surface area contributed by atoms with Crippen LogP contribution in [0.25, 0.3) is 0 Å². The summed E-state index contributed by atoms with van der Waals surface area (Å²) in [4.78, 5) is 29.7. The molecule has 2 heterocycles. The van der Waals surface area contributed by atoms with Crippen LogP contribution in [0.4, 0.5) is 0 Å². The van der Waals surface area contributed by atoms with Crippen molar-refractivity contribution in [3.63, 3.8) is 0 Å². The van der Waals surface area contributed by atoms with Crippen molar-refractivity contribution in [1.29, 1.82) is 0 Å². The lowest BCUT2D eigenvalue weighted by atomic mass is 9.90. The van der Waals surface area contributed by atoms with Gasteiger partial charge in [-0.05, 0) is 49.5 Å². The monoisotopic (exact) mass is 364 g/mol. The Morgan fingerprint density at radius 1 is 1.36 bits per heavy atom.